The van der Waals surface area contributed by atoms with Crippen LogP contribution < -0.4 is 5.32 Å². The van der Waals surface area contributed by atoms with Gasteiger partial charge in [0.05, 0.1) is 17.0 Å². The topological polar surface area (TPSA) is 83.6 Å². The lowest BCUT2D eigenvalue weighted by atomic mass is 9.87. The number of piperidine rings is 1. The highest BCUT2D eigenvalue weighted by atomic mass is 16.2. The van der Waals surface area contributed by atoms with Crippen LogP contribution in [0.5, 0.6) is 0 Å². The fraction of sp³-hybridized carbons (Fsp3) is 0.158. The summed E-state index contributed by atoms with van der Waals surface area (Å²) in [6, 6.07) is 14.5. The second-order valence-electron chi connectivity index (χ2n) is 6.09. The van der Waals surface area contributed by atoms with Gasteiger partial charge in [0.25, 0.3) is 11.8 Å². The number of hydrogen-bond donors (Lipinski definition) is 1. The zero-order valence-corrected chi connectivity index (χ0v) is 13.1. The van der Waals surface area contributed by atoms with Gasteiger partial charge < -0.3 is 0 Å². The van der Waals surface area contributed by atoms with E-state index in [1.54, 1.807) is 48.5 Å². The molecule has 1 N–H and O–H groups in total. The van der Waals surface area contributed by atoms with Crippen LogP contribution in [0.3, 0.4) is 0 Å². The molecular weight excluding hydrogens is 320 g/mol. The van der Waals surface area contributed by atoms with Crippen LogP contribution in [0.15, 0.2) is 54.6 Å². The monoisotopic (exact) mass is 334 g/mol. The third-order valence-electron chi connectivity index (χ3n) is 4.66. The first-order chi connectivity index (χ1) is 12.1. The van der Waals surface area contributed by atoms with Crippen molar-refractivity contribution in [2.24, 2.45) is 0 Å². The summed E-state index contributed by atoms with van der Waals surface area (Å²) in [5, 5.41) is 2.30. The maximum Gasteiger partial charge on any atom is 0.262 e. The minimum absolute atomic E-state index is 0.0835. The molecule has 4 amide bonds. The Labute approximate surface area is 143 Å². The number of hydrogen-bond acceptors (Lipinski definition) is 4. The molecule has 2 aromatic carbocycles. The Bertz CT molecular complexity index is 872. The number of nitrogens with zero attached hydrogens (tertiary/aromatic N) is 1. The van der Waals surface area contributed by atoms with E-state index in [0.717, 1.165) is 10.5 Å². The van der Waals surface area contributed by atoms with Crippen LogP contribution >= 0.6 is 0 Å². The first kappa shape index (κ1) is 15.3. The minimum Gasteiger partial charge on any atom is -0.294 e. The third kappa shape index (κ3) is 2.34. The number of rotatable bonds is 2. The lowest BCUT2D eigenvalue weighted by Crippen LogP contribution is -2.56. The van der Waals surface area contributed by atoms with E-state index in [1.807, 2.05) is 6.07 Å². The zero-order valence-electron chi connectivity index (χ0n) is 13.1. The standard InChI is InChI=1S/C19H14N2O4/c22-16-14(11-6-2-1-3-7-11)10-15(17(23)20-16)21-18(24)12-8-4-5-9-13(12)19(21)25/h1-9,14-15H,10H2,(H,20,22,23). The first-order valence-electron chi connectivity index (χ1n) is 7.94. The summed E-state index contributed by atoms with van der Waals surface area (Å²) in [5.74, 6) is -2.62. The molecule has 1 fully saturated rings. The molecule has 2 aromatic rings. The molecule has 0 saturated carbocycles. The molecule has 6 nitrogen and oxygen atoms in total. The molecule has 0 spiro atoms. The largest absolute Gasteiger partial charge is 0.294 e. The molecule has 2 atom stereocenters. The summed E-state index contributed by atoms with van der Waals surface area (Å²) in [4.78, 5) is 50.8. The normalized spacial score (nSPS) is 22.8. The minimum atomic E-state index is -1.00. The number of fused-ring (bicyclic) bond motifs is 1. The summed E-state index contributed by atoms with van der Waals surface area (Å²) >= 11 is 0. The maximum absolute atomic E-state index is 12.6. The number of benzene rings is 2. The number of carbonyl (C=O) groups excluding carboxylic acids is 4. The highest BCUT2D eigenvalue weighted by molar-refractivity contribution is 6.23. The molecule has 1 saturated heterocycles. The van der Waals surface area contributed by atoms with Crippen LogP contribution in [0.1, 0.15) is 38.6 Å². The number of amides is 4. The van der Waals surface area contributed by atoms with Crippen LogP contribution in [0, 0.1) is 0 Å². The second-order valence-corrected chi connectivity index (χ2v) is 6.09. The molecule has 2 heterocycles. The van der Waals surface area contributed by atoms with Crippen molar-refractivity contribution in [3.8, 4) is 0 Å². The van der Waals surface area contributed by atoms with Gasteiger partial charge in [0, 0.05) is 0 Å². The van der Waals surface area contributed by atoms with Crippen molar-refractivity contribution in [1.82, 2.24) is 10.2 Å². The number of imide groups is 2. The Morgan fingerprint density at radius 1 is 0.760 bits per heavy atom. The molecule has 4 rings (SSSR count). The lowest BCUT2D eigenvalue weighted by Gasteiger charge is -2.32. The molecular formula is C19H14N2O4. The fourth-order valence-electron chi connectivity index (χ4n) is 3.42. The van der Waals surface area contributed by atoms with Gasteiger partial charge in [-0.05, 0) is 24.1 Å². The van der Waals surface area contributed by atoms with Gasteiger partial charge in [-0.3, -0.25) is 29.4 Å². The molecule has 6 heteroatoms. The van der Waals surface area contributed by atoms with E-state index < -0.39 is 35.6 Å². The van der Waals surface area contributed by atoms with E-state index >= 15 is 0 Å². The van der Waals surface area contributed by atoms with E-state index in [-0.39, 0.29) is 17.5 Å². The van der Waals surface area contributed by atoms with Crippen molar-refractivity contribution in [2.45, 2.75) is 18.4 Å². The van der Waals surface area contributed by atoms with Crippen LogP contribution in [0.4, 0.5) is 0 Å². The predicted molar refractivity (Wildman–Crippen MR) is 87.7 cm³/mol. The zero-order chi connectivity index (χ0) is 17.6. The van der Waals surface area contributed by atoms with E-state index in [0.29, 0.717) is 0 Å². The molecule has 0 bridgehead atoms. The van der Waals surface area contributed by atoms with Gasteiger partial charge >= 0.3 is 0 Å². The second kappa shape index (κ2) is 5.66. The van der Waals surface area contributed by atoms with Gasteiger partial charge in [-0.2, -0.15) is 0 Å². The van der Waals surface area contributed by atoms with Gasteiger partial charge in [0.15, 0.2) is 0 Å². The van der Waals surface area contributed by atoms with Gasteiger partial charge in [0.1, 0.15) is 6.04 Å². The van der Waals surface area contributed by atoms with Gasteiger partial charge in [0.2, 0.25) is 11.8 Å². The first-order valence-corrected chi connectivity index (χ1v) is 7.94. The summed E-state index contributed by atoms with van der Waals surface area (Å²) in [6.07, 6.45) is 0.0835. The predicted octanol–water partition coefficient (Wildman–Crippen LogP) is 1.48. The quantitative estimate of drug-likeness (QED) is 0.843. The van der Waals surface area contributed by atoms with Gasteiger partial charge in [-0.1, -0.05) is 42.5 Å². The smallest absolute Gasteiger partial charge is 0.262 e. The molecule has 0 aliphatic carbocycles. The molecule has 2 aliphatic rings. The van der Waals surface area contributed by atoms with Crippen LogP contribution in [0.25, 0.3) is 0 Å². The lowest BCUT2D eigenvalue weighted by molar-refractivity contribution is -0.137. The Balaban J connectivity index is 1.69. The SMILES string of the molecule is O=C1NC(=O)C(N2C(=O)c3ccccc3C2=O)CC1c1ccccc1. The van der Waals surface area contributed by atoms with Crippen molar-refractivity contribution in [3.63, 3.8) is 0 Å². The highest BCUT2D eigenvalue weighted by Crippen LogP contribution is 2.32. The number of carbonyl (C=O) groups is 4. The van der Waals surface area contributed by atoms with E-state index in [4.69, 9.17) is 0 Å². The Morgan fingerprint density at radius 2 is 1.32 bits per heavy atom. The highest BCUT2D eigenvalue weighted by Gasteiger charge is 2.47. The van der Waals surface area contributed by atoms with Crippen LogP contribution in [-0.2, 0) is 9.59 Å². The maximum atomic E-state index is 12.6. The molecule has 25 heavy (non-hydrogen) atoms. The average molecular weight is 334 g/mol. The van der Waals surface area contributed by atoms with Crippen molar-refractivity contribution >= 4 is 23.6 Å². The van der Waals surface area contributed by atoms with Crippen molar-refractivity contribution in [3.05, 3.63) is 71.3 Å². The van der Waals surface area contributed by atoms with Gasteiger partial charge in [-0.15, -0.1) is 0 Å². The molecule has 0 radical (unpaired) electrons. The van der Waals surface area contributed by atoms with Crippen molar-refractivity contribution in [1.29, 1.82) is 0 Å². The summed E-state index contributed by atoms with van der Waals surface area (Å²) in [5.41, 5.74) is 1.32. The van der Waals surface area contributed by atoms with Crippen molar-refractivity contribution < 1.29 is 19.2 Å². The fourth-order valence-corrected chi connectivity index (χ4v) is 3.42. The van der Waals surface area contributed by atoms with Crippen molar-refractivity contribution in [2.75, 3.05) is 0 Å². The summed E-state index contributed by atoms with van der Waals surface area (Å²) in [6.45, 7) is 0. The molecule has 2 unspecified atom stereocenters. The Kier molecular flexibility index (Phi) is 3.46. The summed E-state index contributed by atoms with van der Waals surface area (Å²) < 4.78 is 0. The summed E-state index contributed by atoms with van der Waals surface area (Å²) in [7, 11) is 0. The van der Waals surface area contributed by atoms with E-state index in [2.05, 4.69) is 5.32 Å². The van der Waals surface area contributed by atoms with Gasteiger partial charge in [-0.25, -0.2) is 0 Å². The third-order valence-corrected chi connectivity index (χ3v) is 4.66. The average Bonchev–Trinajstić information content (AvgIpc) is 2.88. The Morgan fingerprint density at radius 3 is 1.92 bits per heavy atom. The molecule has 2 aliphatic heterocycles. The molecule has 0 aromatic heterocycles. The number of nitrogens with one attached hydrogen (secondary N) is 1. The van der Waals surface area contributed by atoms with Crippen LogP contribution in [0.2, 0.25) is 0 Å². The van der Waals surface area contributed by atoms with E-state index in [1.165, 1.54) is 0 Å². The Hall–Kier alpha value is -3.28. The van der Waals surface area contributed by atoms with Crippen LogP contribution in [-0.4, -0.2) is 34.6 Å². The van der Waals surface area contributed by atoms with E-state index in [9.17, 15) is 19.2 Å². The molecule has 124 valence electrons.